The number of aromatic nitrogens is 2. The smallest absolute Gasteiger partial charge is 0.234 e. The normalized spacial score (nSPS) is 25.1. The molecule has 0 aromatic carbocycles. The Labute approximate surface area is 167 Å². The third-order valence-electron chi connectivity index (χ3n) is 6.01. The van der Waals surface area contributed by atoms with Crippen LogP contribution in [-0.2, 0) is 9.53 Å². The van der Waals surface area contributed by atoms with Crippen LogP contribution in [0.2, 0.25) is 0 Å². The van der Waals surface area contributed by atoms with E-state index in [-0.39, 0.29) is 5.91 Å². The van der Waals surface area contributed by atoms with Crippen LogP contribution < -0.4 is 10.2 Å². The van der Waals surface area contributed by atoms with Crippen LogP contribution in [0.15, 0.2) is 18.5 Å². The van der Waals surface area contributed by atoms with Crippen LogP contribution in [0.5, 0.6) is 0 Å². The van der Waals surface area contributed by atoms with E-state index in [1.165, 1.54) is 12.8 Å². The molecule has 1 unspecified atom stereocenters. The van der Waals surface area contributed by atoms with Gasteiger partial charge in [-0.05, 0) is 31.7 Å². The van der Waals surface area contributed by atoms with E-state index < -0.39 is 0 Å². The lowest BCUT2D eigenvalue weighted by molar-refractivity contribution is -0.123. The summed E-state index contributed by atoms with van der Waals surface area (Å²) in [7, 11) is 0. The number of ether oxygens (including phenoxy) is 1. The summed E-state index contributed by atoms with van der Waals surface area (Å²) in [6.07, 6.45) is 8.44. The van der Waals surface area contributed by atoms with Crippen LogP contribution in [-0.4, -0.2) is 96.8 Å². The van der Waals surface area contributed by atoms with Gasteiger partial charge in [0.25, 0.3) is 0 Å². The molecular formula is C20H32N6O2. The Bertz CT molecular complexity index is 608. The Morgan fingerprint density at radius 1 is 1.04 bits per heavy atom. The highest BCUT2D eigenvalue weighted by Gasteiger charge is 2.26. The van der Waals surface area contributed by atoms with Gasteiger partial charge in [-0.1, -0.05) is 0 Å². The summed E-state index contributed by atoms with van der Waals surface area (Å²) in [6.45, 7) is 8.02. The van der Waals surface area contributed by atoms with Crippen LogP contribution in [0.1, 0.15) is 25.7 Å². The zero-order valence-corrected chi connectivity index (χ0v) is 16.6. The first-order valence-corrected chi connectivity index (χ1v) is 10.6. The fourth-order valence-corrected chi connectivity index (χ4v) is 4.37. The fourth-order valence-electron chi connectivity index (χ4n) is 4.37. The molecule has 0 radical (unpaired) electrons. The van der Waals surface area contributed by atoms with Gasteiger partial charge in [0.15, 0.2) is 0 Å². The second kappa shape index (κ2) is 9.62. The summed E-state index contributed by atoms with van der Waals surface area (Å²) < 4.78 is 5.74. The molecule has 4 heterocycles. The number of hydrogen-bond donors (Lipinski definition) is 1. The van der Waals surface area contributed by atoms with Crippen LogP contribution in [0.4, 0.5) is 5.95 Å². The fraction of sp³-hybridized carbons (Fsp3) is 0.750. The third kappa shape index (κ3) is 5.40. The van der Waals surface area contributed by atoms with Gasteiger partial charge in [-0.15, -0.1) is 0 Å². The Kier molecular flexibility index (Phi) is 6.72. The first-order valence-electron chi connectivity index (χ1n) is 10.6. The molecule has 0 spiro atoms. The molecule has 3 fully saturated rings. The van der Waals surface area contributed by atoms with Gasteiger partial charge in [-0.25, -0.2) is 9.97 Å². The van der Waals surface area contributed by atoms with Gasteiger partial charge in [0, 0.05) is 70.9 Å². The predicted octanol–water partition coefficient (Wildman–Crippen LogP) is 0.358. The van der Waals surface area contributed by atoms with Crippen LogP contribution in [0.3, 0.4) is 0 Å². The van der Waals surface area contributed by atoms with Gasteiger partial charge in [-0.3, -0.25) is 9.69 Å². The molecule has 3 saturated heterocycles. The van der Waals surface area contributed by atoms with Gasteiger partial charge in [0.1, 0.15) is 0 Å². The van der Waals surface area contributed by atoms with E-state index in [1.54, 1.807) is 12.4 Å². The molecule has 1 amide bonds. The van der Waals surface area contributed by atoms with E-state index in [4.69, 9.17) is 4.74 Å². The van der Waals surface area contributed by atoms with E-state index in [0.717, 1.165) is 71.2 Å². The summed E-state index contributed by atoms with van der Waals surface area (Å²) in [5, 5.41) is 3.25. The Hall–Kier alpha value is -1.77. The maximum Gasteiger partial charge on any atom is 0.234 e. The minimum atomic E-state index is 0.155. The maximum absolute atomic E-state index is 12.5. The van der Waals surface area contributed by atoms with Crippen molar-refractivity contribution in [3.05, 3.63) is 18.5 Å². The lowest BCUT2D eigenvalue weighted by Gasteiger charge is -2.35. The molecule has 4 rings (SSSR count). The van der Waals surface area contributed by atoms with Gasteiger partial charge < -0.3 is 19.9 Å². The van der Waals surface area contributed by atoms with Crippen LogP contribution >= 0.6 is 0 Å². The van der Waals surface area contributed by atoms with E-state index >= 15 is 0 Å². The maximum atomic E-state index is 12.5. The van der Waals surface area contributed by atoms with Crippen molar-refractivity contribution < 1.29 is 9.53 Å². The quantitative estimate of drug-likeness (QED) is 0.754. The summed E-state index contributed by atoms with van der Waals surface area (Å²) in [5.74, 6) is 0.934. The lowest BCUT2D eigenvalue weighted by atomic mass is 10.0. The number of anilines is 1. The summed E-state index contributed by atoms with van der Waals surface area (Å²) in [4.78, 5) is 28.0. The molecule has 3 aliphatic rings. The molecule has 0 aliphatic carbocycles. The monoisotopic (exact) mass is 388 g/mol. The van der Waals surface area contributed by atoms with Gasteiger partial charge >= 0.3 is 0 Å². The molecule has 8 heteroatoms. The highest BCUT2D eigenvalue weighted by atomic mass is 16.5. The van der Waals surface area contributed by atoms with E-state index in [9.17, 15) is 4.79 Å². The van der Waals surface area contributed by atoms with Crippen molar-refractivity contribution in [2.75, 3.05) is 63.9 Å². The third-order valence-corrected chi connectivity index (χ3v) is 6.01. The zero-order chi connectivity index (χ0) is 19.2. The number of piperazine rings is 1. The van der Waals surface area contributed by atoms with Gasteiger partial charge in [-0.2, -0.15) is 0 Å². The van der Waals surface area contributed by atoms with Crippen molar-refractivity contribution in [1.29, 1.82) is 0 Å². The molecule has 1 aromatic heterocycles. The lowest BCUT2D eigenvalue weighted by Crippen LogP contribution is -2.52. The molecule has 1 aromatic rings. The van der Waals surface area contributed by atoms with E-state index in [2.05, 4.69) is 30.0 Å². The van der Waals surface area contributed by atoms with Crippen molar-refractivity contribution in [3.8, 4) is 0 Å². The minimum Gasteiger partial charge on any atom is -0.377 e. The number of carbonyl (C=O) groups is 1. The Morgan fingerprint density at radius 2 is 1.79 bits per heavy atom. The molecular weight excluding hydrogens is 356 g/mol. The average molecular weight is 389 g/mol. The number of piperidine rings is 1. The molecule has 8 nitrogen and oxygen atoms in total. The molecule has 0 bridgehead atoms. The van der Waals surface area contributed by atoms with E-state index in [0.29, 0.717) is 18.7 Å². The zero-order valence-electron chi connectivity index (χ0n) is 16.6. The molecule has 1 atom stereocenters. The van der Waals surface area contributed by atoms with Crippen molar-refractivity contribution in [2.45, 2.75) is 37.8 Å². The number of nitrogens with zero attached hydrogens (tertiary/aromatic N) is 5. The van der Waals surface area contributed by atoms with Crippen molar-refractivity contribution >= 4 is 11.9 Å². The Balaban J connectivity index is 1.13. The molecule has 0 saturated carbocycles. The highest BCUT2D eigenvalue weighted by molar-refractivity contribution is 5.78. The summed E-state index contributed by atoms with van der Waals surface area (Å²) in [5.41, 5.74) is 0. The number of nitrogens with one attached hydrogen (secondary N) is 1. The first kappa shape index (κ1) is 19.5. The predicted molar refractivity (Wildman–Crippen MR) is 107 cm³/mol. The number of amides is 1. The molecule has 154 valence electrons. The second-order valence-electron chi connectivity index (χ2n) is 8.09. The topological polar surface area (TPSA) is 73.8 Å². The minimum absolute atomic E-state index is 0.155. The highest BCUT2D eigenvalue weighted by Crippen LogP contribution is 2.17. The summed E-state index contributed by atoms with van der Waals surface area (Å²) in [6, 6.07) is 2.14. The molecule has 1 N–H and O–H groups in total. The summed E-state index contributed by atoms with van der Waals surface area (Å²) >= 11 is 0. The number of rotatable bonds is 6. The van der Waals surface area contributed by atoms with Gasteiger partial charge in [0.2, 0.25) is 11.9 Å². The average Bonchev–Trinajstić information content (AvgIpc) is 3.24. The van der Waals surface area contributed by atoms with E-state index in [1.807, 2.05) is 6.07 Å². The molecule has 3 aliphatic heterocycles. The van der Waals surface area contributed by atoms with Crippen molar-refractivity contribution in [1.82, 2.24) is 25.1 Å². The largest absolute Gasteiger partial charge is 0.377 e. The number of carbonyl (C=O) groups excluding carboxylic acids is 1. The molecule has 28 heavy (non-hydrogen) atoms. The number of hydrogen-bond acceptors (Lipinski definition) is 7. The van der Waals surface area contributed by atoms with Crippen molar-refractivity contribution in [2.24, 2.45) is 0 Å². The second-order valence-corrected chi connectivity index (χ2v) is 8.09. The SMILES string of the molecule is O=C(CN1CCN(c2ncccn2)CC1)NC1CCN(CC2CCCO2)CC1. The first-order chi connectivity index (χ1) is 13.8. The number of likely N-dealkylation sites (tertiary alicyclic amines) is 1. The standard InChI is InChI=1S/C20H32N6O2/c27-19(16-25-10-12-26(13-11-25)20-21-6-2-7-22-20)23-17-4-8-24(9-5-17)15-18-3-1-14-28-18/h2,6-7,17-18H,1,3-5,8-16H2,(H,23,27). The van der Waals surface area contributed by atoms with Crippen LogP contribution in [0.25, 0.3) is 0 Å². The van der Waals surface area contributed by atoms with Crippen LogP contribution in [0, 0.1) is 0 Å². The Morgan fingerprint density at radius 3 is 2.46 bits per heavy atom. The van der Waals surface area contributed by atoms with Gasteiger partial charge in [0.05, 0.1) is 12.6 Å². The van der Waals surface area contributed by atoms with Crippen molar-refractivity contribution in [3.63, 3.8) is 0 Å².